The van der Waals surface area contributed by atoms with E-state index in [2.05, 4.69) is 10.6 Å². The molecule has 1 heterocycles. The molecule has 1 amide bonds. The predicted molar refractivity (Wildman–Crippen MR) is 80.1 cm³/mol. The lowest BCUT2D eigenvalue weighted by molar-refractivity contribution is -0.147. The molecule has 0 radical (unpaired) electrons. The van der Waals surface area contributed by atoms with E-state index in [1.54, 1.807) is 0 Å². The average Bonchev–Trinajstić information content (AvgIpc) is 2.48. The summed E-state index contributed by atoms with van der Waals surface area (Å²) in [5.74, 6) is -1.24. The molecule has 21 heavy (non-hydrogen) atoms. The first-order valence-corrected chi connectivity index (χ1v) is 7.21. The van der Waals surface area contributed by atoms with E-state index in [4.69, 9.17) is 0 Å². The van der Waals surface area contributed by atoms with Gasteiger partial charge >= 0.3 is 5.97 Å². The highest BCUT2D eigenvalue weighted by molar-refractivity contribution is 5.93. The molecule has 3 N–H and O–H groups in total. The minimum Gasteiger partial charge on any atom is -0.480 e. The van der Waals surface area contributed by atoms with Crippen LogP contribution >= 0.6 is 0 Å². The van der Waals surface area contributed by atoms with Crippen molar-refractivity contribution in [3.05, 3.63) is 35.9 Å². The molecule has 0 bridgehead atoms. The molecular formula is C16H22N2O3. The summed E-state index contributed by atoms with van der Waals surface area (Å²) >= 11 is 0. The number of carbonyl (C=O) groups is 2. The third-order valence-corrected chi connectivity index (χ3v) is 4.18. The average molecular weight is 290 g/mol. The lowest BCUT2D eigenvalue weighted by Gasteiger charge is -2.38. The summed E-state index contributed by atoms with van der Waals surface area (Å²) in [6.45, 7) is 4.51. The van der Waals surface area contributed by atoms with Crippen molar-refractivity contribution in [3.8, 4) is 0 Å². The Morgan fingerprint density at radius 2 is 1.76 bits per heavy atom. The molecule has 0 aromatic heterocycles. The van der Waals surface area contributed by atoms with Crippen molar-refractivity contribution >= 4 is 11.9 Å². The van der Waals surface area contributed by atoms with Crippen LogP contribution in [0.1, 0.15) is 32.3 Å². The summed E-state index contributed by atoms with van der Waals surface area (Å²) in [6.07, 6.45) is 1.33. The Morgan fingerprint density at radius 1 is 1.19 bits per heavy atom. The third kappa shape index (κ3) is 3.08. The van der Waals surface area contributed by atoms with Crippen molar-refractivity contribution in [2.24, 2.45) is 0 Å². The highest BCUT2D eigenvalue weighted by Crippen LogP contribution is 2.34. The highest BCUT2D eigenvalue weighted by Gasteiger charge is 2.44. The molecule has 1 saturated heterocycles. The van der Waals surface area contributed by atoms with E-state index in [0.29, 0.717) is 12.8 Å². The number of hydrogen-bond acceptors (Lipinski definition) is 3. The molecule has 114 valence electrons. The third-order valence-electron chi connectivity index (χ3n) is 4.18. The topological polar surface area (TPSA) is 78.4 Å². The van der Waals surface area contributed by atoms with Crippen LogP contribution in [0.5, 0.6) is 0 Å². The van der Waals surface area contributed by atoms with Crippen LogP contribution in [0.15, 0.2) is 30.3 Å². The molecule has 0 saturated carbocycles. The van der Waals surface area contributed by atoms with Crippen LogP contribution < -0.4 is 10.6 Å². The molecule has 0 spiro atoms. The van der Waals surface area contributed by atoms with Gasteiger partial charge in [0, 0.05) is 0 Å². The summed E-state index contributed by atoms with van der Waals surface area (Å²) in [4.78, 5) is 24.1. The molecule has 0 atom stereocenters. The van der Waals surface area contributed by atoms with E-state index in [0.717, 1.165) is 18.7 Å². The number of aliphatic carboxylic acids is 1. The van der Waals surface area contributed by atoms with E-state index in [-0.39, 0.29) is 5.91 Å². The van der Waals surface area contributed by atoms with E-state index in [1.807, 2.05) is 30.3 Å². The minimum atomic E-state index is -1.27. The number of carbonyl (C=O) groups excluding carboxylic acids is 1. The normalized spacial score (nSPS) is 18.0. The fraction of sp³-hybridized carbons (Fsp3) is 0.500. The van der Waals surface area contributed by atoms with E-state index < -0.39 is 16.9 Å². The maximum absolute atomic E-state index is 12.8. The maximum Gasteiger partial charge on any atom is 0.328 e. The zero-order valence-corrected chi connectivity index (χ0v) is 12.5. The van der Waals surface area contributed by atoms with Gasteiger partial charge in [-0.15, -0.1) is 0 Å². The monoisotopic (exact) mass is 290 g/mol. The number of nitrogens with one attached hydrogen (secondary N) is 2. The molecule has 0 aliphatic carbocycles. The zero-order valence-electron chi connectivity index (χ0n) is 12.5. The van der Waals surface area contributed by atoms with Crippen LogP contribution in [0.25, 0.3) is 0 Å². The number of piperidine rings is 1. The van der Waals surface area contributed by atoms with Gasteiger partial charge in [-0.2, -0.15) is 0 Å². The highest BCUT2D eigenvalue weighted by atomic mass is 16.4. The van der Waals surface area contributed by atoms with Gasteiger partial charge in [-0.25, -0.2) is 4.79 Å². The van der Waals surface area contributed by atoms with Gasteiger partial charge in [-0.1, -0.05) is 30.3 Å². The Balaban J connectivity index is 2.33. The first-order chi connectivity index (χ1) is 9.88. The number of carboxylic acid groups (broad SMARTS) is 1. The lowest BCUT2D eigenvalue weighted by atomic mass is 9.72. The summed E-state index contributed by atoms with van der Waals surface area (Å²) in [7, 11) is 0. The zero-order chi connectivity index (χ0) is 15.5. The van der Waals surface area contributed by atoms with Gasteiger partial charge in [0.15, 0.2) is 0 Å². The Bertz CT molecular complexity index is 520. The summed E-state index contributed by atoms with van der Waals surface area (Å²) in [5.41, 5.74) is -0.978. The number of rotatable bonds is 4. The fourth-order valence-electron chi connectivity index (χ4n) is 2.71. The van der Waals surface area contributed by atoms with Crippen molar-refractivity contribution in [1.29, 1.82) is 0 Å². The van der Waals surface area contributed by atoms with Crippen molar-refractivity contribution in [1.82, 2.24) is 10.6 Å². The number of hydrogen-bond donors (Lipinski definition) is 3. The van der Waals surface area contributed by atoms with Gasteiger partial charge < -0.3 is 15.7 Å². The van der Waals surface area contributed by atoms with Crippen molar-refractivity contribution in [2.75, 3.05) is 13.1 Å². The van der Waals surface area contributed by atoms with Crippen LogP contribution in [-0.2, 0) is 15.0 Å². The second-order valence-corrected chi connectivity index (χ2v) is 6.08. The Kier molecular flexibility index (Phi) is 4.32. The molecule has 1 aliphatic rings. The predicted octanol–water partition coefficient (Wildman–Crippen LogP) is 1.29. The Hall–Kier alpha value is -1.88. The summed E-state index contributed by atoms with van der Waals surface area (Å²) in [6, 6.07) is 9.62. The standard InChI is InChI=1S/C16H22N2O3/c1-15(2,14(20)21)18-13(19)16(8-10-17-11-9-16)12-6-4-3-5-7-12/h3-7,17H,8-11H2,1-2H3,(H,18,19)(H,20,21). The van der Waals surface area contributed by atoms with Gasteiger partial charge in [0.2, 0.25) is 5.91 Å². The van der Waals surface area contributed by atoms with Crippen molar-refractivity contribution in [2.45, 2.75) is 37.6 Å². The van der Waals surface area contributed by atoms with Crippen LogP contribution in [0.4, 0.5) is 0 Å². The van der Waals surface area contributed by atoms with Gasteiger partial charge in [-0.05, 0) is 45.3 Å². The number of amides is 1. The minimum absolute atomic E-state index is 0.206. The molecule has 5 heteroatoms. The lowest BCUT2D eigenvalue weighted by Crippen LogP contribution is -2.58. The van der Waals surface area contributed by atoms with Crippen molar-refractivity contribution < 1.29 is 14.7 Å². The summed E-state index contributed by atoms with van der Waals surface area (Å²) < 4.78 is 0. The molecule has 1 fully saturated rings. The number of benzene rings is 1. The first-order valence-electron chi connectivity index (χ1n) is 7.21. The van der Waals surface area contributed by atoms with Gasteiger partial charge in [0.05, 0.1) is 5.41 Å². The second-order valence-electron chi connectivity index (χ2n) is 6.08. The van der Waals surface area contributed by atoms with Crippen LogP contribution in [0.2, 0.25) is 0 Å². The van der Waals surface area contributed by atoms with Crippen LogP contribution in [-0.4, -0.2) is 35.6 Å². The quantitative estimate of drug-likeness (QED) is 0.781. The fourth-order valence-corrected chi connectivity index (χ4v) is 2.71. The van der Waals surface area contributed by atoms with Crippen LogP contribution in [0.3, 0.4) is 0 Å². The number of carboxylic acids is 1. The summed E-state index contributed by atoms with van der Waals surface area (Å²) in [5, 5.41) is 15.2. The second kappa shape index (κ2) is 5.85. The molecule has 2 rings (SSSR count). The van der Waals surface area contributed by atoms with Gasteiger partial charge in [0.1, 0.15) is 5.54 Å². The Labute approximate surface area is 124 Å². The largest absolute Gasteiger partial charge is 0.480 e. The van der Waals surface area contributed by atoms with E-state index in [1.165, 1.54) is 13.8 Å². The molecule has 1 aromatic rings. The van der Waals surface area contributed by atoms with E-state index in [9.17, 15) is 14.7 Å². The maximum atomic E-state index is 12.8. The van der Waals surface area contributed by atoms with Crippen LogP contribution in [0, 0.1) is 0 Å². The molecule has 0 unspecified atom stereocenters. The van der Waals surface area contributed by atoms with Gasteiger partial charge in [0.25, 0.3) is 0 Å². The van der Waals surface area contributed by atoms with E-state index >= 15 is 0 Å². The first kappa shape index (κ1) is 15.5. The Morgan fingerprint density at radius 3 is 2.29 bits per heavy atom. The molecular weight excluding hydrogens is 268 g/mol. The van der Waals surface area contributed by atoms with Gasteiger partial charge in [-0.3, -0.25) is 4.79 Å². The molecule has 1 aromatic carbocycles. The smallest absolute Gasteiger partial charge is 0.328 e. The molecule has 1 aliphatic heterocycles. The van der Waals surface area contributed by atoms with Crippen molar-refractivity contribution in [3.63, 3.8) is 0 Å². The molecule has 5 nitrogen and oxygen atoms in total. The SMILES string of the molecule is CC(C)(NC(=O)C1(c2ccccc2)CCNCC1)C(=O)O.